The fourth-order valence-electron chi connectivity index (χ4n) is 2.57. The van der Waals surface area contributed by atoms with Crippen molar-refractivity contribution in [3.63, 3.8) is 0 Å². The predicted molar refractivity (Wildman–Crippen MR) is 85.1 cm³/mol. The normalized spacial score (nSPS) is 16.8. The van der Waals surface area contributed by atoms with E-state index in [2.05, 4.69) is 32.1 Å². The van der Waals surface area contributed by atoms with Crippen molar-refractivity contribution >= 4 is 23.5 Å². The average molecular weight is 314 g/mol. The van der Waals surface area contributed by atoms with E-state index in [-0.39, 0.29) is 11.3 Å². The summed E-state index contributed by atoms with van der Waals surface area (Å²) in [6.45, 7) is 4.73. The lowest BCUT2D eigenvalue weighted by Crippen LogP contribution is -2.32. The Morgan fingerprint density at radius 2 is 2.00 bits per heavy atom. The lowest BCUT2D eigenvalue weighted by Gasteiger charge is -2.27. The third-order valence-electron chi connectivity index (χ3n) is 3.57. The molecule has 0 bridgehead atoms. The molecule has 1 aliphatic heterocycles. The summed E-state index contributed by atoms with van der Waals surface area (Å²) in [5, 5.41) is 3.54. The number of rotatable bonds is 7. The molecule has 0 amide bonds. The summed E-state index contributed by atoms with van der Waals surface area (Å²) in [4.78, 5) is 15.1. The Kier molecular flexibility index (Phi) is 6.45. The molecule has 6 nitrogen and oxygen atoms in total. The zero-order valence-corrected chi connectivity index (χ0v) is 13.6. The minimum absolute atomic E-state index is 0.188. The van der Waals surface area contributed by atoms with Gasteiger partial charge in [-0.2, -0.15) is 15.0 Å². The van der Waals surface area contributed by atoms with Crippen LogP contribution < -0.4 is 10.2 Å². The molecule has 2 heterocycles. The molecular weight excluding hydrogens is 290 g/mol. The predicted octanol–water partition coefficient (Wildman–Crippen LogP) is 2.74. The molecular formula is C14H24ClN5O. The van der Waals surface area contributed by atoms with Crippen LogP contribution >= 0.6 is 11.6 Å². The Morgan fingerprint density at radius 1 is 1.24 bits per heavy atom. The highest BCUT2D eigenvalue weighted by molar-refractivity contribution is 6.28. The standard InChI is InChI=1S/C14H24ClN5O/c1-3-7-11(10-21-2)16-13-17-12(15)18-14(19-13)20-8-5-4-6-9-20/h11H,3-10H2,1-2H3,(H,16,17,18,19). The van der Waals surface area contributed by atoms with Crippen molar-refractivity contribution in [2.24, 2.45) is 0 Å². The number of nitrogens with zero attached hydrogens (tertiary/aromatic N) is 4. The molecule has 1 aliphatic rings. The van der Waals surface area contributed by atoms with Gasteiger partial charge in [-0.1, -0.05) is 13.3 Å². The third-order valence-corrected chi connectivity index (χ3v) is 3.74. The largest absolute Gasteiger partial charge is 0.383 e. The first-order chi connectivity index (χ1) is 10.2. The maximum atomic E-state index is 6.05. The Bertz CT molecular complexity index is 433. The van der Waals surface area contributed by atoms with E-state index in [9.17, 15) is 0 Å². The first-order valence-electron chi connectivity index (χ1n) is 7.65. The second-order valence-corrected chi connectivity index (χ2v) is 5.70. The van der Waals surface area contributed by atoms with Gasteiger partial charge in [0.25, 0.3) is 0 Å². The summed E-state index contributed by atoms with van der Waals surface area (Å²) < 4.78 is 5.23. The molecule has 1 atom stereocenters. The third kappa shape index (κ3) is 4.97. The van der Waals surface area contributed by atoms with Crippen LogP contribution in [0.3, 0.4) is 0 Å². The highest BCUT2D eigenvalue weighted by atomic mass is 35.5. The van der Waals surface area contributed by atoms with Gasteiger partial charge in [-0.3, -0.25) is 0 Å². The van der Waals surface area contributed by atoms with E-state index in [1.54, 1.807) is 7.11 Å². The molecule has 0 radical (unpaired) electrons. The molecule has 0 saturated carbocycles. The highest BCUT2D eigenvalue weighted by Crippen LogP contribution is 2.19. The summed E-state index contributed by atoms with van der Waals surface area (Å²) in [6.07, 6.45) is 5.68. The van der Waals surface area contributed by atoms with Crippen molar-refractivity contribution in [2.75, 3.05) is 37.0 Å². The van der Waals surface area contributed by atoms with Crippen LogP contribution in [-0.4, -0.2) is 47.8 Å². The van der Waals surface area contributed by atoms with Crippen LogP contribution in [-0.2, 0) is 4.74 Å². The summed E-state index contributed by atoms with van der Waals surface area (Å²) in [5.74, 6) is 1.20. The molecule has 1 saturated heterocycles. The number of anilines is 2. The van der Waals surface area contributed by atoms with E-state index in [1.807, 2.05) is 0 Å². The molecule has 118 valence electrons. The van der Waals surface area contributed by atoms with Crippen molar-refractivity contribution in [3.05, 3.63) is 5.28 Å². The number of hydrogen-bond donors (Lipinski definition) is 1. The van der Waals surface area contributed by atoms with Crippen LogP contribution in [0.4, 0.5) is 11.9 Å². The number of nitrogens with one attached hydrogen (secondary N) is 1. The van der Waals surface area contributed by atoms with E-state index in [0.29, 0.717) is 18.5 Å². The number of hydrogen-bond acceptors (Lipinski definition) is 6. The summed E-state index contributed by atoms with van der Waals surface area (Å²) in [5.41, 5.74) is 0. The van der Waals surface area contributed by atoms with Gasteiger partial charge in [-0.25, -0.2) is 0 Å². The van der Waals surface area contributed by atoms with Crippen molar-refractivity contribution in [3.8, 4) is 0 Å². The number of ether oxygens (including phenoxy) is 1. The molecule has 0 aliphatic carbocycles. The summed E-state index contributed by atoms with van der Waals surface area (Å²) >= 11 is 6.05. The SMILES string of the molecule is CCCC(COC)Nc1nc(Cl)nc(N2CCCCC2)n1. The van der Waals surface area contributed by atoms with Crippen LogP contribution in [0.5, 0.6) is 0 Å². The monoisotopic (exact) mass is 313 g/mol. The first kappa shape index (κ1) is 16.2. The highest BCUT2D eigenvalue weighted by Gasteiger charge is 2.17. The number of piperidine rings is 1. The lowest BCUT2D eigenvalue weighted by atomic mass is 10.1. The van der Waals surface area contributed by atoms with Crippen LogP contribution in [0.1, 0.15) is 39.0 Å². The van der Waals surface area contributed by atoms with Gasteiger partial charge in [0.05, 0.1) is 12.6 Å². The zero-order valence-electron chi connectivity index (χ0n) is 12.8. The number of aromatic nitrogens is 3. The van der Waals surface area contributed by atoms with Gasteiger partial charge in [0.2, 0.25) is 17.2 Å². The van der Waals surface area contributed by atoms with E-state index < -0.39 is 0 Å². The maximum Gasteiger partial charge on any atom is 0.231 e. The van der Waals surface area contributed by atoms with Gasteiger partial charge < -0.3 is 15.0 Å². The summed E-state index contributed by atoms with van der Waals surface area (Å²) in [7, 11) is 1.70. The van der Waals surface area contributed by atoms with Gasteiger partial charge in [0.15, 0.2) is 0 Å². The van der Waals surface area contributed by atoms with Gasteiger partial charge in [0.1, 0.15) is 0 Å². The van der Waals surface area contributed by atoms with Gasteiger partial charge in [-0.15, -0.1) is 0 Å². The van der Waals surface area contributed by atoms with E-state index in [0.717, 1.165) is 25.9 Å². The van der Waals surface area contributed by atoms with Crippen LogP contribution in [0.2, 0.25) is 5.28 Å². The second-order valence-electron chi connectivity index (χ2n) is 5.36. The summed E-state index contributed by atoms with van der Waals surface area (Å²) in [6, 6.07) is 0.188. The zero-order chi connectivity index (χ0) is 15.1. The van der Waals surface area contributed by atoms with E-state index in [1.165, 1.54) is 19.3 Å². The van der Waals surface area contributed by atoms with Gasteiger partial charge in [-0.05, 0) is 37.3 Å². The molecule has 1 unspecified atom stereocenters. The van der Waals surface area contributed by atoms with Crippen LogP contribution in [0.25, 0.3) is 0 Å². The quantitative estimate of drug-likeness (QED) is 0.835. The van der Waals surface area contributed by atoms with E-state index in [4.69, 9.17) is 16.3 Å². The minimum atomic E-state index is 0.188. The number of halogens is 1. The van der Waals surface area contributed by atoms with Gasteiger partial charge >= 0.3 is 0 Å². The van der Waals surface area contributed by atoms with Crippen molar-refractivity contribution in [2.45, 2.75) is 45.1 Å². The molecule has 2 rings (SSSR count). The molecule has 1 aromatic rings. The Balaban J connectivity index is 2.09. The molecule has 1 aromatic heterocycles. The van der Waals surface area contributed by atoms with Gasteiger partial charge in [0, 0.05) is 20.2 Å². The molecule has 1 fully saturated rings. The topological polar surface area (TPSA) is 63.2 Å². The first-order valence-corrected chi connectivity index (χ1v) is 8.02. The van der Waals surface area contributed by atoms with Crippen LogP contribution in [0, 0.1) is 0 Å². The minimum Gasteiger partial charge on any atom is -0.383 e. The second kappa shape index (κ2) is 8.34. The van der Waals surface area contributed by atoms with Crippen molar-refractivity contribution in [1.29, 1.82) is 0 Å². The van der Waals surface area contributed by atoms with Crippen LogP contribution in [0.15, 0.2) is 0 Å². The molecule has 0 spiro atoms. The Labute approximate surface area is 131 Å². The van der Waals surface area contributed by atoms with Crippen molar-refractivity contribution < 1.29 is 4.74 Å². The lowest BCUT2D eigenvalue weighted by molar-refractivity contribution is 0.182. The molecule has 0 aromatic carbocycles. The van der Waals surface area contributed by atoms with E-state index >= 15 is 0 Å². The number of methoxy groups -OCH3 is 1. The Hall–Kier alpha value is -1.14. The van der Waals surface area contributed by atoms with Crippen molar-refractivity contribution in [1.82, 2.24) is 15.0 Å². The molecule has 1 N–H and O–H groups in total. The molecule has 21 heavy (non-hydrogen) atoms. The fourth-order valence-corrected chi connectivity index (χ4v) is 2.72. The fraction of sp³-hybridized carbons (Fsp3) is 0.786. The Morgan fingerprint density at radius 3 is 2.67 bits per heavy atom. The average Bonchev–Trinajstić information content (AvgIpc) is 2.48. The maximum absolute atomic E-state index is 6.05. The smallest absolute Gasteiger partial charge is 0.231 e. The molecule has 7 heteroatoms.